The lowest BCUT2D eigenvalue weighted by molar-refractivity contribution is 0.284. The van der Waals surface area contributed by atoms with Crippen molar-refractivity contribution < 1.29 is 14.6 Å². The van der Waals surface area contributed by atoms with Gasteiger partial charge in [0, 0.05) is 12.2 Å². The van der Waals surface area contributed by atoms with E-state index < -0.39 is 0 Å². The normalized spacial score (nSPS) is 10.4. The van der Waals surface area contributed by atoms with E-state index in [1.165, 1.54) is 5.56 Å². The molecule has 3 aromatic rings. The van der Waals surface area contributed by atoms with E-state index in [4.69, 9.17) is 9.47 Å². The first kappa shape index (κ1) is 17.7. The zero-order valence-corrected chi connectivity index (χ0v) is 15.0. The van der Waals surface area contributed by atoms with Gasteiger partial charge in [-0.15, -0.1) is 0 Å². The summed E-state index contributed by atoms with van der Waals surface area (Å²) in [5, 5.41) is 12.6. The SMILES string of the molecule is COc1cc(CNc2ccc(O)cc2)ccc1OCc1ccc(C)cc1. The van der Waals surface area contributed by atoms with E-state index in [-0.39, 0.29) is 5.75 Å². The first-order valence-corrected chi connectivity index (χ1v) is 8.52. The molecule has 0 saturated heterocycles. The summed E-state index contributed by atoms with van der Waals surface area (Å²) in [6.45, 7) is 3.22. The van der Waals surface area contributed by atoms with Crippen LogP contribution in [0.5, 0.6) is 17.2 Å². The molecule has 4 nitrogen and oxygen atoms in total. The third-order valence-corrected chi connectivity index (χ3v) is 4.11. The van der Waals surface area contributed by atoms with E-state index >= 15 is 0 Å². The minimum atomic E-state index is 0.257. The molecule has 0 aliphatic heterocycles. The Hall–Kier alpha value is -3.14. The van der Waals surface area contributed by atoms with Crippen molar-refractivity contribution in [3.05, 3.63) is 83.4 Å². The molecule has 2 N–H and O–H groups in total. The van der Waals surface area contributed by atoms with Crippen molar-refractivity contribution in [2.75, 3.05) is 12.4 Å². The van der Waals surface area contributed by atoms with Gasteiger partial charge in [-0.2, -0.15) is 0 Å². The minimum Gasteiger partial charge on any atom is -0.508 e. The highest BCUT2D eigenvalue weighted by molar-refractivity contribution is 5.48. The lowest BCUT2D eigenvalue weighted by Crippen LogP contribution is -2.01. The molecule has 26 heavy (non-hydrogen) atoms. The molecule has 0 saturated carbocycles. The number of ether oxygens (including phenoxy) is 2. The number of phenols is 1. The fourth-order valence-electron chi connectivity index (χ4n) is 2.57. The minimum absolute atomic E-state index is 0.257. The standard InChI is InChI=1S/C22H23NO3/c1-16-3-5-17(6-4-16)15-26-21-12-7-18(13-22(21)25-2)14-23-19-8-10-20(24)11-9-19/h3-13,23-24H,14-15H2,1-2H3. The Morgan fingerprint density at radius 1 is 0.846 bits per heavy atom. The number of phenolic OH excluding ortho intramolecular Hbond substituents is 1. The van der Waals surface area contributed by atoms with Gasteiger partial charge in [0.2, 0.25) is 0 Å². The highest BCUT2D eigenvalue weighted by Gasteiger charge is 2.07. The molecule has 0 unspecified atom stereocenters. The van der Waals surface area contributed by atoms with E-state index in [1.807, 2.05) is 30.3 Å². The van der Waals surface area contributed by atoms with Gasteiger partial charge in [0.25, 0.3) is 0 Å². The van der Waals surface area contributed by atoms with Crippen LogP contribution in [0.3, 0.4) is 0 Å². The Balaban J connectivity index is 1.63. The highest BCUT2D eigenvalue weighted by Crippen LogP contribution is 2.29. The number of methoxy groups -OCH3 is 1. The summed E-state index contributed by atoms with van der Waals surface area (Å²) >= 11 is 0. The Morgan fingerprint density at radius 2 is 1.54 bits per heavy atom. The topological polar surface area (TPSA) is 50.7 Å². The van der Waals surface area contributed by atoms with Crippen LogP contribution in [0.2, 0.25) is 0 Å². The first-order valence-electron chi connectivity index (χ1n) is 8.52. The molecular formula is C22H23NO3. The first-order chi connectivity index (χ1) is 12.6. The summed E-state index contributed by atoms with van der Waals surface area (Å²) in [5.74, 6) is 1.69. The third-order valence-electron chi connectivity index (χ3n) is 4.11. The molecular weight excluding hydrogens is 326 g/mol. The number of aromatic hydroxyl groups is 1. The average molecular weight is 349 g/mol. The molecule has 0 spiro atoms. The molecule has 0 bridgehead atoms. The lowest BCUT2D eigenvalue weighted by atomic mass is 10.1. The van der Waals surface area contributed by atoms with Crippen LogP contribution in [0.4, 0.5) is 5.69 Å². The smallest absolute Gasteiger partial charge is 0.161 e. The van der Waals surface area contributed by atoms with Crippen molar-refractivity contribution in [1.29, 1.82) is 0 Å². The Kier molecular flexibility index (Phi) is 5.64. The summed E-state index contributed by atoms with van der Waals surface area (Å²) < 4.78 is 11.4. The number of aryl methyl sites for hydroxylation is 1. The van der Waals surface area contributed by atoms with Crippen molar-refractivity contribution in [3.8, 4) is 17.2 Å². The third kappa shape index (κ3) is 4.70. The van der Waals surface area contributed by atoms with Crippen LogP contribution in [-0.4, -0.2) is 12.2 Å². The van der Waals surface area contributed by atoms with E-state index in [0.29, 0.717) is 18.9 Å². The zero-order valence-electron chi connectivity index (χ0n) is 15.0. The molecule has 0 radical (unpaired) electrons. The summed E-state index contributed by atoms with van der Waals surface area (Å²) in [6.07, 6.45) is 0. The molecule has 3 rings (SSSR count). The predicted octanol–water partition coefficient (Wildman–Crippen LogP) is 4.90. The number of rotatable bonds is 7. The molecule has 0 aromatic heterocycles. The number of hydrogen-bond acceptors (Lipinski definition) is 4. The van der Waals surface area contributed by atoms with Crippen LogP contribution in [0.1, 0.15) is 16.7 Å². The van der Waals surface area contributed by atoms with Gasteiger partial charge in [-0.25, -0.2) is 0 Å². The quantitative estimate of drug-likeness (QED) is 0.596. The largest absolute Gasteiger partial charge is 0.508 e. The number of benzene rings is 3. The van der Waals surface area contributed by atoms with Crippen molar-refractivity contribution in [2.45, 2.75) is 20.1 Å². The summed E-state index contributed by atoms with van der Waals surface area (Å²) in [7, 11) is 1.64. The number of anilines is 1. The Labute approximate surface area is 154 Å². The van der Waals surface area contributed by atoms with E-state index in [0.717, 1.165) is 22.6 Å². The average Bonchev–Trinajstić information content (AvgIpc) is 2.67. The van der Waals surface area contributed by atoms with Crippen LogP contribution >= 0.6 is 0 Å². The second-order valence-corrected chi connectivity index (χ2v) is 6.16. The zero-order chi connectivity index (χ0) is 18.4. The maximum atomic E-state index is 9.33. The highest BCUT2D eigenvalue weighted by atomic mass is 16.5. The van der Waals surface area contributed by atoms with Gasteiger partial charge in [0.1, 0.15) is 12.4 Å². The molecule has 0 heterocycles. The van der Waals surface area contributed by atoms with Crippen molar-refractivity contribution in [2.24, 2.45) is 0 Å². The van der Waals surface area contributed by atoms with Crippen molar-refractivity contribution >= 4 is 5.69 Å². The maximum absolute atomic E-state index is 9.33. The van der Waals surface area contributed by atoms with Gasteiger partial charge in [0.05, 0.1) is 7.11 Å². The molecule has 0 fully saturated rings. The van der Waals surface area contributed by atoms with Gasteiger partial charge in [-0.05, 0) is 54.4 Å². The number of nitrogens with one attached hydrogen (secondary N) is 1. The molecule has 4 heteroatoms. The van der Waals surface area contributed by atoms with Crippen LogP contribution < -0.4 is 14.8 Å². The second-order valence-electron chi connectivity index (χ2n) is 6.16. The van der Waals surface area contributed by atoms with Crippen LogP contribution in [0, 0.1) is 6.92 Å². The van der Waals surface area contributed by atoms with Gasteiger partial charge in [-0.1, -0.05) is 35.9 Å². The monoisotopic (exact) mass is 349 g/mol. The fourth-order valence-corrected chi connectivity index (χ4v) is 2.57. The maximum Gasteiger partial charge on any atom is 0.161 e. The van der Waals surface area contributed by atoms with E-state index in [1.54, 1.807) is 19.2 Å². The van der Waals surface area contributed by atoms with Crippen molar-refractivity contribution in [3.63, 3.8) is 0 Å². The van der Waals surface area contributed by atoms with Crippen LogP contribution in [0.15, 0.2) is 66.7 Å². The Bertz CT molecular complexity index is 842. The Morgan fingerprint density at radius 3 is 2.23 bits per heavy atom. The molecule has 134 valence electrons. The molecule has 0 atom stereocenters. The van der Waals surface area contributed by atoms with Crippen LogP contribution in [0.25, 0.3) is 0 Å². The van der Waals surface area contributed by atoms with E-state index in [2.05, 4.69) is 36.5 Å². The molecule has 0 aliphatic carbocycles. The molecule has 0 aliphatic rings. The summed E-state index contributed by atoms with van der Waals surface area (Å²) in [4.78, 5) is 0. The fraction of sp³-hybridized carbons (Fsp3) is 0.182. The van der Waals surface area contributed by atoms with Gasteiger partial charge >= 0.3 is 0 Å². The van der Waals surface area contributed by atoms with Gasteiger partial charge in [-0.3, -0.25) is 0 Å². The van der Waals surface area contributed by atoms with Gasteiger partial charge < -0.3 is 19.9 Å². The van der Waals surface area contributed by atoms with Crippen molar-refractivity contribution in [1.82, 2.24) is 0 Å². The molecule has 0 amide bonds. The lowest BCUT2D eigenvalue weighted by Gasteiger charge is -2.13. The second kappa shape index (κ2) is 8.30. The van der Waals surface area contributed by atoms with Crippen LogP contribution in [-0.2, 0) is 13.2 Å². The number of hydrogen-bond donors (Lipinski definition) is 2. The van der Waals surface area contributed by atoms with Gasteiger partial charge in [0.15, 0.2) is 11.5 Å². The molecule has 3 aromatic carbocycles. The summed E-state index contributed by atoms with van der Waals surface area (Å²) in [6, 6.07) is 21.2. The van der Waals surface area contributed by atoms with E-state index in [9.17, 15) is 5.11 Å². The summed E-state index contributed by atoms with van der Waals surface area (Å²) in [5.41, 5.74) is 4.38. The predicted molar refractivity (Wildman–Crippen MR) is 104 cm³/mol.